The average Bonchev–Trinajstić information content (AvgIpc) is 2.55. The first-order chi connectivity index (χ1) is 10.7. The van der Waals surface area contributed by atoms with Crippen LogP contribution in [0.5, 0.6) is 5.75 Å². The summed E-state index contributed by atoms with van der Waals surface area (Å²) >= 11 is 0. The van der Waals surface area contributed by atoms with E-state index in [1.165, 1.54) is 6.20 Å². The molecule has 0 saturated heterocycles. The van der Waals surface area contributed by atoms with E-state index >= 15 is 0 Å². The van der Waals surface area contributed by atoms with Crippen LogP contribution in [0, 0.1) is 11.3 Å². The molecule has 2 aromatic rings. The van der Waals surface area contributed by atoms with Gasteiger partial charge in [0.25, 0.3) is 0 Å². The van der Waals surface area contributed by atoms with Gasteiger partial charge in [-0.15, -0.1) is 0 Å². The highest BCUT2D eigenvalue weighted by atomic mass is 16.5. The molecule has 0 aliphatic carbocycles. The molecular weight excluding hydrogens is 280 g/mol. The predicted octanol–water partition coefficient (Wildman–Crippen LogP) is 2.40. The van der Waals surface area contributed by atoms with Gasteiger partial charge in [0.1, 0.15) is 17.6 Å². The van der Waals surface area contributed by atoms with Gasteiger partial charge in [-0.05, 0) is 24.3 Å². The van der Waals surface area contributed by atoms with E-state index in [0.717, 1.165) is 0 Å². The maximum atomic E-state index is 11.8. The van der Waals surface area contributed by atoms with E-state index in [2.05, 4.69) is 15.6 Å². The van der Waals surface area contributed by atoms with Crippen molar-refractivity contribution in [3.05, 3.63) is 48.2 Å². The summed E-state index contributed by atoms with van der Waals surface area (Å²) in [5.74, 6) is 1.22. The van der Waals surface area contributed by atoms with Crippen molar-refractivity contribution >= 4 is 17.4 Å². The van der Waals surface area contributed by atoms with Crippen LogP contribution in [0.25, 0.3) is 0 Å². The Morgan fingerprint density at radius 1 is 1.36 bits per heavy atom. The topological polar surface area (TPSA) is 87.0 Å². The SMILES string of the molecule is COc1cccc(NC(=O)CCNc2ccc(C#N)cn2)c1. The number of aromatic nitrogens is 1. The van der Waals surface area contributed by atoms with Crippen LogP contribution in [-0.4, -0.2) is 24.5 Å². The van der Waals surface area contributed by atoms with Crippen LogP contribution in [0.15, 0.2) is 42.6 Å². The molecule has 22 heavy (non-hydrogen) atoms. The molecule has 0 spiro atoms. The summed E-state index contributed by atoms with van der Waals surface area (Å²) in [5.41, 5.74) is 1.20. The van der Waals surface area contributed by atoms with Gasteiger partial charge in [0.2, 0.25) is 5.91 Å². The molecule has 1 aromatic carbocycles. The van der Waals surface area contributed by atoms with Gasteiger partial charge >= 0.3 is 0 Å². The summed E-state index contributed by atoms with van der Waals surface area (Å²) < 4.78 is 5.10. The first-order valence-corrected chi connectivity index (χ1v) is 6.75. The third kappa shape index (κ3) is 4.49. The van der Waals surface area contributed by atoms with E-state index in [1.807, 2.05) is 18.2 Å². The number of hydrogen-bond donors (Lipinski definition) is 2. The van der Waals surface area contributed by atoms with Crippen molar-refractivity contribution in [2.45, 2.75) is 6.42 Å². The van der Waals surface area contributed by atoms with Gasteiger partial charge in [-0.1, -0.05) is 6.07 Å². The van der Waals surface area contributed by atoms with E-state index in [0.29, 0.717) is 35.8 Å². The molecule has 1 heterocycles. The molecule has 0 fully saturated rings. The number of benzene rings is 1. The molecule has 0 atom stereocenters. The summed E-state index contributed by atoms with van der Waals surface area (Å²) in [7, 11) is 1.58. The van der Waals surface area contributed by atoms with Crippen molar-refractivity contribution in [2.75, 3.05) is 24.3 Å². The van der Waals surface area contributed by atoms with E-state index in [9.17, 15) is 4.79 Å². The summed E-state index contributed by atoms with van der Waals surface area (Å²) in [6.07, 6.45) is 1.79. The number of pyridine rings is 1. The van der Waals surface area contributed by atoms with E-state index in [-0.39, 0.29) is 5.91 Å². The molecule has 112 valence electrons. The first-order valence-electron chi connectivity index (χ1n) is 6.75. The number of nitriles is 1. The number of amides is 1. The van der Waals surface area contributed by atoms with Crippen molar-refractivity contribution in [3.63, 3.8) is 0 Å². The zero-order valence-corrected chi connectivity index (χ0v) is 12.2. The lowest BCUT2D eigenvalue weighted by Crippen LogP contribution is -2.16. The van der Waals surface area contributed by atoms with Crippen LogP contribution in [0.2, 0.25) is 0 Å². The van der Waals surface area contributed by atoms with Crippen LogP contribution in [0.1, 0.15) is 12.0 Å². The number of hydrogen-bond acceptors (Lipinski definition) is 5. The molecule has 1 amide bonds. The van der Waals surface area contributed by atoms with Gasteiger partial charge in [-0.2, -0.15) is 5.26 Å². The van der Waals surface area contributed by atoms with Crippen molar-refractivity contribution in [3.8, 4) is 11.8 Å². The Hall–Kier alpha value is -3.07. The van der Waals surface area contributed by atoms with Gasteiger partial charge in [-0.25, -0.2) is 4.98 Å². The minimum absolute atomic E-state index is 0.102. The molecule has 0 unspecified atom stereocenters. The molecule has 0 saturated carbocycles. The Kier molecular flexibility index (Phi) is 5.32. The Morgan fingerprint density at radius 2 is 2.23 bits per heavy atom. The van der Waals surface area contributed by atoms with Crippen LogP contribution in [-0.2, 0) is 4.79 Å². The Labute approximate surface area is 128 Å². The Morgan fingerprint density at radius 3 is 2.91 bits per heavy atom. The molecule has 2 N–H and O–H groups in total. The lowest BCUT2D eigenvalue weighted by molar-refractivity contribution is -0.115. The number of nitrogens with one attached hydrogen (secondary N) is 2. The lowest BCUT2D eigenvalue weighted by Gasteiger charge is -2.08. The lowest BCUT2D eigenvalue weighted by atomic mass is 10.3. The average molecular weight is 296 g/mol. The predicted molar refractivity (Wildman–Crippen MR) is 83.7 cm³/mol. The maximum absolute atomic E-state index is 11.8. The molecule has 0 aliphatic rings. The van der Waals surface area contributed by atoms with Gasteiger partial charge in [0, 0.05) is 30.9 Å². The molecule has 1 aromatic heterocycles. The zero-order valence-electron chi connectivity index (χ0n) is 12.2. The molecule has 0 bridgehead atoms. The summed E-state index contributed by atoms with van der Waals surface area (Å²) in [5, 5.41) is 14.5. The third-order valence-corrected chi connectivity index (χ3v) is 2.90. The number of carbonyl (C=O) groups excluding carboxylic acids is 1. The second-order valence-electron chi connectivity index (χ2n) is 4.50. The summed E-state index contributed by atoms with van der Waals surface area (Å²) in [6, 6.07) is 12.6. The third-order valence-electron chi connectivity index (χ3n) is 2.90. The minimum atomic E-state index is -0.102. The smallest absolute Gasteiger partial charge is 0.226 e. The maximum Gasteiger partial charge on any atom is 0.226 e. The van der Waals surface area contributed by atoms with E-state index in [4.69, 9.17) is 10.00 Å². The number of anilines is 2. The molecule has 6 nitrogen and oxygen atoms in total. The second kappa shape index (κ2) is 7.64. The Balaban J connectivity index is 1.78. The first kappa shape index (κ1) is 15.3. The highest BCUT2D eigenvalue weighted by Gasteiger charge is 2.03. The standard InChI is InChI=1S/C16H16N4O2/c1-22-14-4-2-3-13(9-14)20-16(21)7-8-18-15-6-5-12(10-17)11-19-15/h2-6,9,11H,7-8H2,1H3,(H,18,19)(H,20,21). The molecule has 0 radical (unpaired) electrons. The number of carbonyl (C=O) groups is 1. The van der Waals surface area contributed by atoms with Crippen LogP contribution >= 0.6 is 0 Å². The van der Waals surface area contributed by atoms with Crippen LogP contribution in [0.4, 0.5) is 11.5 Å². The quantitative estimate of drug-likeness (QED) is 0.854. The van der Waals surface area contributed by atoms with Gasteiger partial charge in [0.15, 0.2) is 0 Å². The number of nitrogens with zero attached hydrogens (tertiary/aromatic N) is 2. The van der Waals surface area contributed by atoms with Crippen molar-refractivity contribution in [1.82, 2.24) is 4.98 Å². The van der Waals surface area contributed by atoms with Crippen LogP contribution < -0.4 is 15.4 Å². The molecule has 6 heteroatoms. The Bertz CT molecular complexity index is 677. The number of ether oxygens (including phenoxy) is 1. The summed E-state index contributed by atoms with van der Waals surface area (Å²) in [6.45, 7) is 0.453. The van der Waals surface area contributed by atoms with Gasteiger partial charge in [0.05, 0.1) is 12.7 Å². The van der Waals surface area contributed by atoms with Gasteiger partial charge < -0.3 is 15.4 Å². The second-order valence-corrected chi connectivity index (χ2v) is 4.50. The van der Waals surface area contributed by atoms with E-state index < -0.39 is 0 Å². The summed E-state index contributed by atoms with van der Waals surface area (Å²) in [4.78, 5) is 15.9. The molecular formula is C16H16N4O2. The normalized spacial score (nSPS) is 9.64. The van der Waals surface area contributed by atoms with E-state index in [1.54, 1.807) is 31.4 Å². The van der Waals surface area contributed by atoms with Gasteiger partial charge in [-0.3, -0.25) is 4.79 Å². The zero-order chi connectivity index (χ0) is 15.8. The van der Waals surface area contributed by atoms with Crippen LogP contribution in [0.3, 0.4) is 0 Å². The fourth-order valence-corrected chi connectivity index (χ4v) is 1.79. The van der Waals surface area contributed by atoms with Crippen molar-refractivity contribution in [1.29, 1.82) is 5.26 Å². The highest BCUT2D eigenvalue weighted by molar-refractivity contribution is 5.91. The largest absolute Gasteiger partial charge is 0.497 e. The monoisotopic (exact) mass is 296 g/mol. The number of rotatable bonds is 6. The molecule has 2 rings (SSSR count). The minimum Gasteiger partial charge on any atom is -0.497 e. The highest BCUT2D eigenvalue weighted by Crippen LogP contribution is 2.16. The van der Waals surface area contributed by atoms with Crippen molar-refractivity contribution < 1.29 is 9.53 Å². The fourth-order valence-electron chi connectivity index (χ4n) is 1.79. The van der Waals surface area contributed by atoms with Crippen molar-refractivity contribution in [2.24, 2.45) is 0 Å². The fraction of sp³-hybridized carbons (Fsp3) is 0.188. The molecule has 0 aliphatic heterocycles. The number of methoxy groups -OCH3 is 1.